The van der Waals surface area contributed by atoms with E-state index in [1.165, 1.54) is 21.5 Å². The van der Waals surface area contributed by atoms with Crippen molar-refractivity contribution in [2.75, 3.05) is 0 Å². The lowest BCUT2D eigenvalue weighted by molar-refractivity contribution is 1.31. The summed E-state index contributed by atoms with van der Waals surface area (Å²) in [6.45, 7) is 0. The Balaban J connectivity index is 1.08. The monoisotopic (exact) mass is 610 g/mol. The number of aromatic nitrogens is 4. The number of benzene rings is 8. The average molecular weight is 611 g/mol. The van der Waals surface area contributed by atoms with Crippen LogP contribution in [0, 0.1) is 0 Å². The Morgan fingerprint density at radius 3 is 0.958 bits per heavy atom. The fourth-order valence-electron chi connectivity index (χ4n) is 7.24. The zero-order chi connectivity index (χ0) is 31.6. The first-order valence-corrected chi connectivity index (χ1v) is 16.1. The largest absolute Gasteiger partial charge is 0.252 e. The fraction of sp³-hybridized carbons (Fsp3) is 0. The van der Waals surface area contributed by atoms with Gasteiger partial charge in [0.15, 0.2) is 0 Å². The second kappa shape index (κ2) is 10.5. The quantitative estimate of drug-likeness (QED) is 0.187. The summed E-state index contributed by atoms with van der Waals surface area (Å²) in [6, 6.07) is 50.9. The third kappa shape index (κ3) is 4.10. The molecule has 4 nitrogen and oxygen atoms in total. The molecule has 0 saturated heterocycles. The number of fused-ring (bicyclic) bond motifs is 12. The Morgan fingerprint density at radius 2 is 0.583 bits per heavy atom. The van der Waals surface area contributed by atoms with Gasteiger partial charge in [0.25, 0.3) is 0 Å². The average Bonchev–Trinajstić information content (AvgIpc) is 3.18. The maximum absolute atomic E-state index is 5.22. The smallest absolute Gasteiger partial charge is 0.0979 e. The van der Waals surface area contributed by atoms with Crippen LogP contribution in [0.5, 0.6) is 0 Å². The van der Waals surface area contributed by atoms with Crippen molar-refractivity contribution in [1.29, 1.82) is 0 Å². The van der Waals surface area contributed by atoms with Crippen LogP contribution in [-0.4, -0.2) is 19.9 Å². The predicted octanol–water partition coefficient (Wildman–Crippen LogP) is 11.2. The summed E-state index contributed by atoms with van der Waals surface area (Å²) in [5.74, 6) is 0. The van der Waals surface area contributed by atoms with Crippen LogP contribution in [0.2, 0.25) is 0 Å². The van der Waals surface area contributed by atoms with Gasteiger partial charge < -0.3 is 0 Å². The third-order valence-electron chi connectivity index (χ3n) is 9.50. The van der Waals surface area contributed by atoms with E-state index in [-0.39, 0.29) is 0 Å². The maximum atomic E-state index is 5.22. The van der Waals surface area contributed by atoms with Crippen molar-refractivity contribution in [3.63, 3.8) is 0 Å². The maximum Gasteiger partial charge on any atom is 0.0979 e. The van der Waals surface area contributed by atoms with Crippen molar-refractivity contribution in [1.82, 2.24) is 19.9 Å². The fourth-order valence-corrected chi connectivity index (χ4v) is 7.24. The second-order valence-corrected chi connectivity index (χ2v) is 12.2. The van der Waals surface area contributed by atoms with E-state index in [0.29, 0.717) is 0 Å². The standard InChI is InChI=1S/C44H26N4/c1-5-19-35-31(15-1)33-17-3-7-21-37(33)43-41(35)45-25-39(47-43)29-13-9-11-27(23-29)28-12-10-14-30(24-28)40-26-46-42-36-20-6-2-16-32(36)34-18-4-8-22-38(34)44(42)48-40/h1-26H. The van der Waals surface area contributed by atoms with Crippen molar-refractivity contribution in [3.05, 3.63) is 158 Å². The summed E-state index contributed by atoms with van der Waals surface area (Å²) in [5, 5.41) is 9.24. The van der Waals surface area contributed by atoms with Gasteiger partial charge in [-0.3, -0.25) is 9.97 Å². The molecule has 4 heteroatoms. The molecule has 0 amide bonds. The van der Waals surface area contributed by atoms with Crippen LogP contribution in [0.15, 0.2) is 158 Å². The zero-order valence-corrected chi connectivity index (χ0v) is 25.8. The molecule has 8 aromatic carbocycles. The molecule has 0 radical (unpaired) electrons. The topological polar surface area (TPSA) is 51.6 Å². The lowest BCUT2D eigenvalue weighted by atomic mass is 9.98. The summed E-state index contributed by atoms with van der Waals surface area (Å²) in [6.07, 6.45) is 3.80. The van der Waals surface area contributed by atoms with Gasteiger partial charge in [-0.15, -0.1) is 0 Å². The van der Waals surface area contributed by atoms with Gasteiger partial charge in [-0.1, -0.05) is 133 Å². The molecule has 222 valence electrons. The molecule has 0 aliphatic heterocycles. The Hall–Kier alpha value is -6.52. The second-order valence-electron chi connectivity index (χ2n) is 12.2. The SMILES string of the molecule is c1cc(-c2cccc(-c3cnc4c5ccccc5c5ccccc5c4n3)c2)cc(-c2cnc3c4ccccc4c4ccccc4c3n2)c1. The van der Waals surface area contributed by atoms with Crippen LogP contribution in [0.3, 0.4) is 0 Å². The van der Waals surface area contributed by atoms with Gasteiger partial charge in [-0.25, -0.2) is 9.97 Å². The van der Waals surface area contributed by atoms with E-state index in [1.54, 1.807) is 0 Å². The highest BCUT2D eigenvalue weighted by molar-refractivity contribution is 6.24. The minimum Gasteiger partial charge on any atom is -0.252 e. The molecule has 0 aliphatic carbocycles. The van der Waals surface area contributed by atoms with Gasteiger partial charge in [-0.2, -0.15) is 0 Å². The molecule has 0 spiro atoms. The summed E-state index contributed by atoms with van der Waals surface area (Å²) in [4.78, 5) is 20.4. The number of hydrogen-bond acceptors (Lipinski definition) is 4. The van der Waals surface area contributed by atoms with Crippen LogP contribution in [0.1, 0.15) is 0 Å². The molecule has 2 aromatic heterocycles. The van der Waals surface area contributed by atoms with E-state index in [4.69, 9.17) is 19.9 Å². The predicted molar refractivity (Wildman–Crippen MR) is 199 cm³/mol. The van der Waals surface area contributed by atoms with Crippen molar-refractivity contribution in [2.24, 2.45) is 0 Å². The number of rotatable bonds is 3. The lowest BCUT2D eigenvalue weighted by Crippen LogP contribution is -1.93. The Kier molecular flexibility index (Phi) is 5.84. The Labute approximate surface area is 276 Å². The van der Waals surface area contributed by atoms with E-state index in [9.17, 15) is 0 Å². The Bertz CT molecular complexity index is 2640. The van der Waals surface area contributed by atoms with Crippen molar-refractivity contribution >= 4 is 65.2 Å². The normalized spacial score (nSPS) is 11.8. The van der Waals surface area contributed by atoms with Crippen molar-refractivity contribution in [2.45, 2.75) is 0 Å². The molecule has 10 rings (SSSR count). The van der Waals surface area contributed by atoms with Gasteiger partial charge in [0.05, 0.1) is 45.8 Å². The lowest BCUT2D eigenvalue weighted by Gasteiger charge is -2.12. The molecule has 0 bridgehead atoms. The van der Waals surface area contributed by atoms with E-state index in [1.807, 2.05) is 12.4 Å². The molecule has 0 atom stereocenters. The molecule has 0 fully saturated rings. The zero-order valence-electron chi connectivity index (χ0n) is 25.8. The minimum absolute atomic E-state index is 0.848. The number of hydrogen-bond donors (Lipinski definition) is 0. The summed E-state index contributed by atoms with van der Waals surface area (Å²) >= 11 is 0. The van der Waals surface area contributed by atoms with Crippen molar-refractivity contribution < 1.29 is 0 Å². The minimum atomic E-state index is 0.848. The molecule has 0 unspecified atom stereocenters. The van der Waals surface area contributed by atoms with Gasteiger partial charge in [-0.05, 0) is 44.8 Å². The van der Waals surface area contributed by atoms with Gasteiger partial charge >= 0.3 is 0 Å². The van der Waals surface area contributed by atoms with Crippen molar-refractivity contribution in [3.8, 4) is 33.6 Å². The Morgan fingerprint density at radius 1 is 0.271 bits per heavy atom. The van der Waals surface area contributed by atoms with Gasteiger partial charge in [0, 0.05) is 32.7 Å². The number of nitrogens with zero attached hydrogens (tertiary/aromatic N) is 4. The summed E-state index contributed by atoms with van der Waals surface area (Å²) in [5.41, 5.74) is 9.63. The van der Waals surface area contributed by atoms with Crippen LogP contribution >= 0.6 is 0 Å². The first-order chi connectivity index (χ1) is 23.8. The highest BCUT2D eigenvalue weighted by Gasteiger charge is 2.14. The highest BCUT2D eigenvalue weighted by atomic mass is 14.8. The molecule has 48 heavy (non-hydrogen) atoms. The molecular weight excluding hydrogens is 585 g/mol. The summed E-state index contributed by atoms with van der Waals surface area (Å²) < 4.78 is 0. The van der Waals surface area contributed by atoms with Crippen LogP contribution in [0.25, 0.3) is 98.8 Å². The molecule has 0 saturated carbocycles. The van der Waals surface area contributed by atoms with Gasteiger partial charge in [0.1, 0.15) is 0 Å². The van der Waals surface area contributed by atoms with E-state index >= 15 is 0 Å². The first-order valence-electron chi connectivity index (χ1n) is 16.1. The van der Waals surface area contributed by atoms with E-state index < -0.39 is 0 Å². The third-order valence-corrected chi connectivity index (χ3v) is 9.50. The molecule has 0 N–H and O–H groups in total. The van der Waals surface area contributed by atoms with Crippen LogP contribution < -0.4 is 0 Å². The van der Waals surface area contributed by atoms with Gasteiger partial charge in [0.2, 0.25) is 0 Å². The highest BCUT2D eigenvalue weighted by Crippen LogP contribution is 2.36. The molecule has 0 aliphatic rings. The van der Waals surface area contributed by atoms with E-state index in [2.05, 4.69) is 146 Å². The summed E-state index contributed by atoms with van der Waals surface area (Å²) in [7, 11) is 0. The first kappa shape index (κ1) is 26.7. The molecule has 10 aromatic rings. The van der Waals surface area contributed by atoms with E-state index in [0.717, 1.165) is 77.3 Å². The molecular formula is C44H26N4. The van der Waals surface area contributed by atoms with Crippen LogP contribution in [-0.2, 0) is 0 Å². The molecule has 2 heterocycles. The van der Waals surface area contributed by atoms with Crippen LogP contribution in [0.4, 0.5) is 0 Å².